The molecule has 0 aliphatic rings. The average Bonchev–Trinajstić information content (AvgIpc) is 2.98. The molecule has 0 aliphatic carbocycles. The summed E-state index contributed by atoms with van der Waals surface area (Å²) in [5.41, 5.74) is 1.80. The number of methoxy groups -OCH3 is 2. The molecule has 0 unspecified atom stereocenters. The molecule has 3 rings (SSSR count). The first kappa shape index (κ1) is 32.4. The maximum absolute atomic E-state index is 14.0. The van der Waals surface area contributed by atoms with Gasteiger partial charge in [0.15, 0.2) is 11.5 Å². The van der Waals surface area contributed by atoms with E-state index in [1.165, 1.54) is 49.5 Å². The van der Waals surface area contributed by atoms with Gasteiger partial charge in [-0.05, 0) is 74.7 Å². The van der Waals surface area contributed by atoms with E-state index in [4.69, 9.17) is 9.47 Å². The first-order valence-electron chi connectivity index (χ1n) is 13.6. The molecule has 42 heavy (non-hydrogen) atoms. The molecule has 0 aliphatic heterocycles. The van der Waals surface area contributed by atoms with Crippen molar-refractivity contribution in [2.45, 2.75) is 57.6 Å². The van der Waals surface area contributed by atoms with Gasteiger partial charge in [-0.3, -0.25) is 13.9 Å². The molecular weight excluding hydrogens is 561 g/mol. The smallest absolute Gasteiger partial charge is 0.264 e. The summed E-state index contributed by atoms with van der Waals surface area (Å²) >= 11 is 0. The third kappa shape index (κ3) is 7.58. The molecule has 2 atom stereocenters. The number of rotatable bonds is 13. The zero-order valence-corrected chi connectivity index (χ0v) is 25.6. The summed E-state index contributed by atoms with van der Waals surface area (Å²) in [7, 11) is -1.57. The molecule has 3 aromatic carbocycles. The van der Waals surface area contributed by atoms with Crippen LogP contribution >= 0.6 is 0 Å². The van der Waals surface area contributed by atoms with Crippen molar-refractivity contribution < 1.29 is 31.9 Å². The van der Waals surface area contributed by atoms with Crippen molar-refractivity contribution in [1.82, 2.24) is 10.2 Å². The fourth-order valence-electron chi connectivity index (χ4n) is 4.26. The van der Waals surface area contributed by atoms with Crippen molar-refractivity contribution >= 4 is 27.5 Å². The fourth-order valence-corrected chi connectivity index (χ4v) is 5.69. The van der Waals surface area contributed by atoms with Gasteiger partial charge in [-0.15, -0.1) is 0 Å². The summed E-state index contributed by atoms with van der Waals surface area (Å²) in [5, 5.41) is 2.90. The average molecular weight is 600 g/mol. The van der Waals surface area contributed by atoms with E-state index >= 15 is 0 Å². The minimum atomic E-state index is -4.38. The molecule has 0 radical (unpaired) electrons. The Morgan fingerprint density at radius 3 is 2.19 bits per heavy atom. The van der Waals surface area contributed by atoms with Crippen LogP contribution in [-0.4, -0.2) is 58.0 Å². The lowest BCUT2D eigenvalue weighted by Crippen LogP contribution is -2.52. The van der Waals surface area contributed by atoms with Crippen LogP contribution in [0, 0.1) is 12.7 Å². The molecule has 9 nitrogen and oxygen atoms in total. The molecule has 11 heteroatoms. The third-order valence-electron chi connectivity index (χ3n) is 7.11. The lowest BCUT2D eigenvalue weighted by Gasteiger charge is -2.32. The lowest BCUT2D eigenvalue weighted by molar-refractivity contribution is -0.139. The van der Waals surface area contributed by atoms with Crippen LogP contribution in [0.1, 0.15) is 38.3 Å². The van der Waals surface area contributed by atoms with E-state index in [0.29, 0.717) is 12.2 Å². The number of hydrogen-bond donors (Lipinski definition) is 1. The van der Waals surface area contributed by atoms with Crippen molar-refractivity contribution in [3.05, 3.63) is 83.7 Å². The van der Waals surface area contributed by atoms with Crippen LogP contribution in [0.25, 0.3) is 0 Å². The molecule has 0 saturated heterocycles. The molecule has 0 spiro atoms. The molecule has 0 heterocycles. The quantitative estimate of drug-likeness (QED) is 0.306. The molecular formula is C31H38FN3O6S. The lowest BCUT2D eigenvalue weighted by atomic mass is 10.1. The minimum absolute atomic E-state index is 0.0760. The largest absolute Gasteiger partial charge is 0.493 e. The second-order valence-corrected chi connectivity index (χ2v) is 11.8. The first-order valence-corrected chi connectivity index (χ1v) is 15.0. The van der Waals surface area contributed by atoms with Crippen LogP contribution < -0.4 is 19.1 Å². The number of amides is 2. The van der Waals surface area contributed by atoms with Crippen molar-refractivity contribution in [1.29, 1.82) is 0 Å². The topological polar surface area (TPSA) is 105 Å². The second kappa shape index (κ2) is 14.2. The SMILES string of the molecule is CC[C@@H](C)NC(=O)[C@@H](C)N(Cc1ccccc1C)C(=O)CN(c1ccc(F)cc1)S(=O)(=O)c1ccc(OC)c(OC)c1. The van der Waals surface area contributed by atoms with Crippen molar-refractivity contribution in [2.75, 3.05) is 25.1 Å². The Kier molecular flexibility index (Phi) is 10.9. The van der Waals surface area contributed by atoms with Crippen molar-refractivity contribution in [3.8, 4) is 11.5 Å². The van der Waals surface area contributed by atoms with Gasteiger partial charge in [-0.2, -0.15) is 0 Å². The Balaban J connectivity index is 2.07. The monoisotopic (exact) mass is 599 g/mol. The summed E-state index contributed by atoms with van der Waals surface area (Å²) < 4.78 is 53.3. The molecule has 0 bridgehead atoms. The van der Waals surface area contributed by atoms with E-state index < -0.39 is 34.3 Å². The van der Waals surface area contributed by atoms with Crippen molar-refractivity contribution in [2.24, 2.45) is 0 Å². The van der Waals surface area contributed by atoms with Crippen LogP contribution in [0.2, 0.25) is 0 Å². The van der Waals surface area contributed by atoms with Crippen LogP contribution in [0.3, 0.4) is 0 Å². The zero-order chi connectivity index (χ0) is 31.0. The number of halogens is 1. The Morgan fingerprint density at radius 1 is 0.952 bits per heavy atom. The number of anilines is 1. The zero-order valence-electron chi connectivity index (χ0n) is 24.8. The number of carbonyl (C=O) groups excluding carboxylic acids is 2. The predicted octanol–water partition coefficient (Wildman–Crippen LogP) is 4.68. The number of hydrogen-bond acceptors (Lipinski definition) is 6. The van der Waals surface area contributed by atoms with Gasteiger partial charge in [0.25, 0.3) is 10.0 Å². The molecule has 3 aromatic rings. The number of benzene rings is 3. The highest BCUT2D eigenvalue weighted by Crippen LogP contribution is 2.32. The van der Waals surface area contributed by atoms with Gasteiger partial charge < -0.3 is 19.7 Å². The van der Waals surface area contributed by atoms with Gasteiger partial charge in [0.05, 0.1) is 24.8 Å². The van der Waals surface area contributed by atoms with Crippen LogP contribution in [-0.2, 0) is 26.2 Å². The molecule has 2 amide bonds. The second-order valence-electron chi connectivity index (χ2n) is 9.95. The minimum Gasteiger partial charge on any atom is -0.493 e. The van der Waals surface area contributed by atoms with Gasteiger partial charge in [-0.1, -0.05) is 31.2 Å². The highest BCUT2D eigenvalue weighted by atomic mass is 32.2. The van der Waals surface area contributed by atoms with Crippen LogP contribution in [0.5, 0.6) is 11.5 Å². The Bertz CT molecular complexity index is 1500. The summed E-state index contributed by atoms with van der Waals surface area (Å²) in [5.74, 6) is -1.03. The van der Waals surface area contributed by atoms with Crippen LogP contribution in [0.15, 0.2) is 71.6 Å². The molecule has 0 saturated carbocycles. The number of nitrogens with zero attached hydrogens (tertiary/aromatic N) is 2. The first-order chi connectivity index (χ1) is 19.9. The predicted molar refractivity (Wildman–Crippen MR) is 160 cm³/mol. The maximum atomic E-state index is 14.0. The number of aryl methyl sites for hydroxylation is 1. The van der Waals surface area contributed by atoms with E-state index in [2.05, 4.69) is 5.32 Å². The number of sulfonamides is 1. The summed E-state index contributed by atoms with van der Waals surface area (Å²) in [6.07, 6.45) is 0.701. The third-order valence-corrected chi connectivity index (χ3v) is 8.88. The highest BCUT2D eigenvalue weighted by molar-refractivity contribution is 7.92. The molecule has 0 fully saturated rings. The Hall–Kier alpha value is -4.12. The van der Waals surface area contributed by atoms with E-state index in [0.717, 1.165) is 27.6 Å². The van der Waals surface area contributed by atoms with Gasteiger partial charge in [0, 0.05) is 18.7 Å². The van der Waals surface area contributed by atoms with E-state index in [1.807, 2.05) is 45.0 Å². The fraction of sp³-hybridized carbons (Fsp3) is 0.355. The number of ether oxygens (including phenoxy) is 2. The molecule has 1 N–H and O–H groups in total. The normalized spacial score (nSPS) is 12.6. The number of nitrogens with one attached hydrogen (secondary N) is 1. The maximum Gasteiger partial charge on any atom is 0.264 e. The summed E-state index contributed by atoms with van der Waals surface area (Å²) in [6.45, 7) is 6.74. The Labute approximate surface area is 247 Å². The van der Waals surface area contributed by atoms with Gasteiger partial charge in [-0.25, -0.2) is 12.8 Å². The van der Waals surface area contributed by atoms with E-state index in [9.17, 15) is 22.4 Å². The summed E-state index contributed by atoms with van der Waals surface area (Å²) in [6, 6.07) is 15.3. The van der Waals surface area contributed by atoms with E-state index in [-0.39, 0.29) is 34.8 Å². The molecule has 0 aromatic heterocycles. The number of carbonyl (C=O) groups is 2. The van der Waals surface area contributed by atoms with Crippen molar-refractivity contribution in [3.63, 3.8) is 0 Å². The highest BCUT2D eigenvalue weighted by Gasteiger charge is 2.33. The Morgan fingerprint density at radius 2 is 1.60 bits per heavy atom. The van der Waals surface area contributed by atoms with E-state index in [1.54, 1.807) is 6.92 Å². The van der Waals surface area contributed by atoms with Crippen LogP contribution in [0.4, 0.5) is 10.1 Å². The molecule has 226 valence electrons. The van der Waals surface area contributed by atoms with Gasteiger partial charge in [0.1, 0.15) is 18.4 Å². The van der Waals surface area contributed by atoms with Gasteiger partial charge in [0.2, 0.25) is 11.8 Å². The summed E-state index contributed by atoms with van der Waals surface area (Å²) in [4.78, 5) is 28.4. The van der Waals surface area contributed by atoms with Gasteiger partial charge >= 0.3 is 0 Å². The standard InChI is InChI=1S/C31H38FN3O6S/c1-7-22(3)33-31(37)23(4)34(19-24-11-9-8-10-21(24)2)30(36)20-35(26-14-12-25(32)13-15-26)42(38,39)27-16-17-28(40-5)29(18-27)41-6/h8-18,22-23H,7,19-20H2,1-6H3,(H,33,37)/t22-,23-/m1/s1.